The molecule has 3 aromatic rings. The number of carbonyl (C=O) groups excluding carboxylic acids is 1. The number of carbonyl (C=O) groups is 1. The number of ketones is 1. The van der Waals surface area contributed by atoms with Crippen molar-refractivity contribution in [2.45, 2.75) is 19.8 Å². The average Bonchev–Trinajstić information content (AvgIpc) is 3.32. The van der Waals surface area contributed by atoms with Crippen molar-refractivity contribution in [3.8, 4) is 17.3 Å². The highest BCUT2D eigenvalue weighted by atomic mass is 79.9. The SMILES string of the molecule is Cc1cn2cc(-c3cccc(Br)c3)nc2c(Br)c1C(=O)C(C#N)=S1CCCC1. The van der Waals surface area contributed by atoms with E-state index >= 15 is 0 Å². The Labute approximate surface area is 182 Å². The van der Waals surface area contributed by atoms with Crippen LogP contribution in [0.4, 0.5) is 0 Å². The summed E-state index contributed by atoms with van der Waals surface area (Å²) >= 11 is 7.10. The van der Waals surface area contributed by atoms with Crippen LogP contribution < -0.4 is 0 Å². The molecule has 1 fully saturated rings. The number of halogens is 2. The third-order valence-corrected chi connectivity index (χ3v) is 8.51. The molecule has 0 radical (unpaired) electrons. The first-order valence-corrected chi connectivity index (χ1v) is 12.1. The van der Waals surface area contributed by atoms with Gasteiger partial charge in [0, 0.05) is 28.0 Å². The fraction of sp³-hybridized carbons (Fsp3) is 0.238. The molecule has 2 aromatic heterocycles. The molecule has 1 aliphatic rings. The number of rotatable bonds is 3. The Kier molecular flexibility index (Phi) is 5.55. The van der Waals surface area contributed by atoms with Crippen LogP contribution in [0.1, 0.15) is 28.8 Å². The van der Waals surface area contributed by atoms with Crippen molar-refractivity contribution in [3.05, 3.63) is 56.7 Å². The van der Waals surface area contributed by atoms with Gasteiger partial charge in [0.25, 0.3) is 0 Å². The van der Waals surface area contributed by atoms with Gasteiger partial charge >= 0.3 is 0 Å². The Morgan fingerprint density at radius 3 is 2.68 bits per heavy atom. The third kappa shape index (κ3) is 3.49. The van der Waals surface area contributed by atoms with Gasteiger partial charge in [-0.05, 0) is 64.9 Å². The lowest BCUT2D eigenvalue weighted by atomic mass is 10.1. The van der Waals surface area contributed by atoms with Gasteiger partial charge in [0.15, 0.2) is 5.65 Å². The Balaban J connectivity index is 1.86. The van der Waals surface area contributed by atoms with Crippen molar-refractivity contribution in [2.24, 2.45) is 0 Å². The minimum Gasteiger partial charge on any atom is -0.305 e. The number of imidazole rings is 1. The lowest BCUT2D eigenvalue weighted by molar-refractivity contribution is 0.106. The van der Waals surface area contributed by atoms with E-state index in [0.29, 0.717) is 20.5 Å². The molecule has 7 heteroatoms. The van der Waals surface area contributed by atoms with Gasteiger partial charge < -0.3 is 4.40 Å². The molecule has 0 bridgehead atoms. The van der Waals surface area contributed by atoms with Crippen molar-refractivity contribution in [2.75, 3.05) is 11.5 Å². The number of aromatic nitrogens is 2. The van der Waals surface area contributed by atoms with E-state index in [9.17, 15) is 10.1 Å². The molecule has 0 amide bonds. The largest absolute Gasteiger partial charge is 0.305 e. The van der Waals surface area contributed by atoms with Gasteiger partial charge in [0.1, 0.15) is 10.9 Å². The quantitative estimate of drug-likeness (QED) is 0.326. The van der Waals surface area contributed by atoms with Crippen LogP contribution in [0.3, 0.4) is 0 Å². The van der Waals surface area contributed by atoms with E-state index in [2.05, 4.69) is 37.9 Å². The monoisotopic (exact) mass is 517 g/mol. The maximum atomic E-state index is 13.2. The number of aryl methyl sites for hydroxylation is 1. The highest BCUT2D eigenvalue weighted by Gasteiger charge is 2.25. The van der Waals surface area contributed by atoms with E-state index in [4.69, 9.17) is 4.98 Å². The lowest BCUT2D eigenvalue weighted by Gasteiger charge is -2.10. The second kappa shape index (κ2) is 7.94. The number of nitriles is 1. The molecule has 0 N–H and O–H groups in total. The van der Waals surface area contributed by atoms with Gasteiger partial charge in [-0.2, -0.15) is 15.7 Å². The van der Waals surface area contributed by atoms with Crippen molar-refractivity contribution in [1.29, 1.82) is 5.26 Å². The molecule has 0 aliphatic carbocycles. The zero-order valence-corrected chi connectivity index (χ0v) is 19.2. The lowest BCUT2D eigenvalue weighted by Crippen LogP contribution is -2.16. The van der Waals surface area contributed by atoms with Crippen LogP contribution in [0.25, 0.3) is 16.9 Å². The van der Waals surface area contributed by atoms with E-state index in [1.54, 1.807) is 0 Å². The molecule has 1 aromatic carbocycles. The predicted molar refractivity (Wildman–Crippen MR) is 122 cm³/mol. The Morgan fingerprint density at radius 1 is 1.25 bits per heavy atom. The van der Waals surface area contributed by atoms with E-state index in [0.717, 1.165) is 45.6 Å². The van der Waals surface area contributed by atoms with Gasteiger partial charge in [0.2, 0.25) is 5.78 Å². The summed E-state index contributed by atoms with van der Waals surface area (Å²) in [5, 5.41) is 9.65. The van der Waals surface area contributed by atoms with Crippen molar-refractivity contribution < 1.29 is 4.79 Å². The zero-order chi connectivity index (χ0) is 19.8. The predicted octanol–water partition coefficient (Wildman–Crippen LogP) is 5.78. The minimum absolute atomic E-state index is 0.161. The van der Waals surface area contributed by atoms with Crippen LogP contribution in [0.5, 0.6) is 0 Å². The zero-order valence-electron chi connectivity index (χ0n) is 15.2. The fourth-order valence-corrected chi connectivity index (χ4v) is 6.89. The second-order valence-electron chi connectivity index (χ2n) is 6.75. The van der Waals surface area contributed by atoms with Gasteiger partial charge in [-0.3, -0.25) is 4.79 Å². The first-order valence-electron chi connectivity index (χ1n) is 8.92. The summed E-state index contributed by atoms with van der Waals surface area (Å²) in [5.41, 5.74) is 3.88. The minimum atomic E-state index is -0.220. The number of Topliss-reactive ketones (excluding diaryl/α,β-unsaturated/α-hetero) is 1. The molecule has 0 saturated carbocycles. The summed E-state index contributed by atoms with van der Waals surface area (Å²) in [6.07, 6.45) is 6.05. The van der Waals surface area contributed by atoms with Crippen LogP contribution in [-0.4, -0.2) is 31.5 Å². The van der Waals surface area contributed by atoms with Crippen LogP contribution in [0, 0.1) is 18.3 Å². The average molecular weight is 519 g/mol. The Morgan fingerprint density at radius 2 is 2.00 bits per heavy atom. The summed E-state index contributed by atoms with van der Waals surface area (Å²) in [6.45, 7) is 1.91. The summed E-state index contributed by atoms with van der Waals surface area (Å²) in [7, 11) is -0.220. The summed E-state index contributed by atoms with van der Waals surface area (Å²) in [5.74, 6) is 1.74. The van der Waals surface area contributed by atoms with Crippen molar-refractivity contribution >= 4 is 58.6 Å². The Bertz CT molecular complexity index is 1180. The third-order valence-electron chi connectivity index (χ3n) is 4.85. The summed E-state index contributed by atoms with van der Waals surface area (Å²) in [6, 6.07) is 10.2. The normalized spacial score (nSPS) is 14.4. The van der Waals surface area contributed by atoms with E-state index in [-0.39, 0.29) is 16.3 Å². The molecule has 3 heterocycles. The van der Waals surface area contributed by atoms with Crippen LogP contribution in [-0.2, 0) is 0 Å². The molecule has 1 aliphatic heterocycles. The number of benzene rings is 1. The van der Waals surface area contributed by atoms with E-state index in [1.807, 2.05) is 48.0 Å². The molecule has 1 saturated heterocycles. The maximum Gasteiger partial charge on any atom is 0.210 e. The van der Waals surface area contributed by atoms with Crippen LogP contribution in [0.15, 0.2) is 45.6 Å². The van der Waals surface area contributed by atoms with Crippen LogP contribution >= 0.6 is 42.3 Å². The van der Waals surface area contributed by atoms with Crippen molar-refractivity contribution in [1.82, 2.24) is 9.38 Å². The van der Waals surface area contributed by atoms with E-state index < -0.39 is 0 Å². The number of hydrogen-bond donors (Lipinski definition) is 0. The van der Waals surface area contributed by atoms with Gasteiger partial charge in [0.05, 0.1) is 10.2 Å². The Hall–Kier alpha value is -1.75. The molecule has 142 valence electrons. The highest BCUT2D eigenvalue weighted by Crippen LogP contribution is 2.32. The summed E-state index contributed by atoms with van der Waals surface area (Å²) < 4.78 is 3.56. The van der Waals surface area contributed by atoms with Crippen molar-refractivity contribution in [3.63, 3.8) is 0 Å². The van der Waals surface area contributed by atoms with Gasteiger partial charge in [-0.15, -0.1) is 0 Å². The van der Waals surface area contributed by atoms with Crippen LogP contribution in [0.2, 0.25) is 0 Å². The molecule has 4 nitrogen and oxygen atoms in total. The topological polar surface area (TPSA) is 58.2 Å². The summed E-state index contributed by atoms with van der Waals surface area (Å²) in [4.78, 5) is 18.4. The highest BCUT2D eigenvalue weighted by molar-refractivity contribution is 9.11. The first-order chi connectivity index (χ1) is 13.5. The first kappa shape index (κ1) is 19.6. The molecule has 0 unspecified atom stereocenters. The maximum absolute atomic E-state index is 13.2. The molecule has 0 atom stereocenters. The number of hydrogen-bond acceptors (Lipinski definition) is 3. The second-order valence-corrected chi connectivity index (χ2v) is 10.7. The number of fused-ring (bicyclic) bond motifs is 1. The number of pyridine rings is 1. The molecule has 4 rings (SSSR count). The van der Waals surface area contributed by atoms with E-state index in [1.165, 1.54) is 0 Å². The standard InChI is InChI=1S/C21H17Br2N3OS/c1-13-11-26-12-16(14-5-4-6-15(22)9-14)25-21(26)19(23)18(13)20(27)17(10-24)28-7-2-3-8-28/h4-6,9,11-12H,2-3,7-8H2,1H3. The molecule has 0 spiro atoms. The molecular weight excluding hydrogens is 502 g/mol. The molecule has 28 heavy (non-hydrogen) atoms. The smallest absolute Gasteiger partial charge is 0.210 e. The number of nitrogens with zero attached hydrogens (tertiary/aromatic N) is 3. The fourth-order valence-electron chi connectivity index (χ4n) is 3.50. The van der Waals surface area contributed by atoms with Gasteiger partial charge in [-0.1, -0.05) is 28.1 Å². The molecular formula is C21H17Br2N3OS. The van der Waals surface area contributed by atoms with Gasteiger partial charge in [-0.25, -0.2) is 4.98 Å².